The number of nitrogens with zero attached hydrogens (tertiary/aromatic N) is 1. The zero-order valence-electron chi connectivity index (χ0n) is 13.3. The maximum absolute atomic E-state index is 12.8. The van der Waals surface area contributed by atoms with Crippen LogP contribution in [0.2, 0.25) is 5.02 Å². The Bertz CT molecular complexity index is 744. The Hall–Kier alpha value is -2.53. The van der Waals surface area contributed by atoms with Crippen molar-refractivity contribution in [1.82, 2.24) is 10.2 Å². The van der Waals surface area contributed by atoms with Crippen molar-refractivity contribution in [2.24, 2.45) is 0 Å². The molecule has 1 heterocycles. The van der Waals surface area contributed by atoms with Gasteiger partial charge in [0.15, 0.2) is 0 Å². The lowest BCUT2D eigenvalue weighted by Crippen LogP contribution is -2.53. The van der Waals surface area contributed by atoms with Gasteiger partial charge in [-0.3, -0.25) is 4.79 Å². The number of urea groups is 1. The van der Waals surface area contributed by atoms with E-state index in [1.165, 1.54) is 4.90 Å². The number of piperazine rings is 1. The average molecular weight is 344 g/mol. The molecule has 0 saturated carbocycles. The van der Waals surface area contributed by atoms with Gasteiger partial charge in [-0.05, 0) is 24.1 Å². The minimum Gasteiger partial charge on any atom is -0.352 e. The summed E-state index contributed by atoms with van der Waals surface area (Å²) in [5.41, 5.74) is 2.22. The third-order valence-corrected chi connectivity index (χ3v) is 4.36. The summed E-state index contributed by atoms with van der Waals surface area (Å²) in [6.45, 7) is 2.73. The summed E-state index contributed by atoms with van der Waals surface area (Å²) in [7, 11) is 0. The first kappa shape index (κ1) is 16.3. The highest BCUT2D eigenvalue weighted by molar-refractivity contribution is 6.33. The van der Waals surface area contributed by atoms with Crippen LogP contribution in [-0.2, 0) is 4.79 Å². The van der Waals surface area contributed by atoms with Crippen molar-refractivity contribution in [2.45, 2.75) is 13.0 Å². The molecule has 0 radical (unpaired) electrons. The Kier molecular flexibility index (Phi) is 4.71. The Morgan fingerprint density at radius 3 is 2.67 bits per heavy atom. The molecule has 6 heteroatoms. The van der Waals surface area contributed by atoms with Crippen molar-refractivity contribution < 1.29 is 9.59 Å². The van der Waals surface area contributed by atoms with E-state index >= 15 is 0 Å². The van der Waals surface area contributed by atoms with Crippen molar-refractivity contribution in [3.63, 3.8) is 0 Å². The second kappa shape index (κ2) is 6.93. The molecule has 0 bridgehead atoms. The van der Waals surface area contributed by atoms with Crippen LogP contribution in [0.25, 0.3) is 0 Å². The molecule has 2 aromatic carbocycles. The van der Waals surface area contributed by atoms with Gasteiger partial charge in [-0.1, -0.05) is 54.1 Å². The van der Waals surface area contributed by atoms with E-state index in [9.17, 15) is 9.59 Å². The number of benzene rings is 2. The van der Waals surface area contributed by atoms with Crippen LogP contribution in [-0.4, -0.2) is 29.9 Å². The summed E-state index contributed by atoms with van der Waals surface area (Å²) in [6, 6.07) is 13.7. The molecule has 24 heavy (non-hydrogen) atoms. The standard InChI is InChI=1S/C18H18ClN3O2/c1-12-6-5-9-14(19)15(12)21-18(24)22-11-10-20-17(23)16(22)13-7-3-2-4-8-13/h2-9,16H,10-11H2,1H3,(H,20,23)(H,21,24)/t16-/m0/s1. The normalized spacial score (nSPS) is 17.3. The molecule has 2 aromatic rings. The molecule has 1 saturated heterocycles. The molecule has 3 amide bonds. The predicted molar refractivity (Wildman–Crippen MR) is 94.1 cm³/mol. The van der Waals surface area contributed by atoms with Crippen LogP contribution in [0, 0.1) is 6.92 Å². The minimum atomic E-state index is -0.650. The van der Waals surface area contributed by atoms with E-state index in [1.807, 2.05) is 49.4 Å². The minimum absolute atomic E-state index is 0.182. The fourth-order valence-electron chi connectivity index (χ4n) is 2.82. The molecule has 0 aliphatic carbocycles. The molecular formula is C18H18ClN3O2. The van der Waals surface area contributed by atoms with Crippen molar-refractivity contribution in [3.8, 4) is 0 Å². The SMILES string of the molecule is Cc1cccc(Cl)c1NC(=O)N1CCNC(=O)[C@@H]1c1ccccc1. The molecule has 0 unspecified atom stereocenters. The number of rotatable bonds is 2. The van der Waals surface area contributed by atoms with E-state index in [1.54, 1.807) is 6.07 Å². The van der Waals surface area contributed by atoms with Crippen LogP contribution >= 0.6 is 11.6 Å². The van der Waals surface area contributed by atoms with Crippen molar-refractivity contribution in [2.75, 3.05) is 18.4 Å². The van der Waals surface area contributed by atoms with E-state index in [0.717, 1.165) is 11.1 Å². The maximum Gasteiger partial charge on any atom is 0.322 e. The number of hydrogen-bond donors (Lipinski definition) is 2. The molecule has 1 atom stereocenters. The van der Waals surface area contributed by atoms with Gasteiger partial charge in [-0.25, -0.2) is 4.79 Å². The van der Waals surface area contributed by atoms with Crippen LogP contribution in [0.5, 0.6) is 0 Å². The van der Waals surface area contributed by atoms with Gasteiger partial charge in [0.2, 0.25) is 5.91 Å². The molecule has 1 aliphatic rings. The molecule has 3 rings (SSSR count). The van der Waals surface area contributed by atoms with Crippen molar-refractivity contribution >= 4 is 29.2 Å². The van der Waals surface area contributed by atoms with Gasteiger partial charge in [-0.2, -0.15) is 0 Å². The summed E-state index contributed by atoms with van der Waals surface area (Å²) in [5, 5.41) is 6.13. The monoisotopic (exact) mass is 343 g/mol. The zero-order chi connectivity index (χ0) is 17.1. The van der Waals surface area contributed by atoms with Gasteiger partial charge in [0.25, 0.3) is 0 Å². The molecule has 0 spiro atoms. The van der Waals surface area contributed by atoms with Crippen LogP contribution < -0.4 is 10.6 Å². The summed E-state index contributed by atoms with van der Waals surface area (Å²) in [4.78, 5) is 26.7. The number of anilines is 1. The van der Waals surface area contributed by atoms with Gasteiger partial charge in [0.1, 0.15) is 6.04 Å². The van der Waals surface area contributed by atoms with E-state index in [4.69, 9.17) is 11.6 Å². The van der Waals surface area contributed by atoms with Gasteiger partial charge in [-0.15, -0.1) is 0 Å². The first-order chi connectivity index (χ1) is 11.6. The highest BCUT2D eigenvalue weighted by atomic mass is 35.5. The summed E-state index contributed by atoms with van der Waals surface area (Å²) in [6.07, 6.45) is 0. The summed E-state index contributed by atoms with van der Waals surface area (Å²) >= 11 is 6.18. The largest absolute Gasteiger partial charge is 0.352 e. The van der Waals surface area contributed by atoms with Crippen molar-refractivity contribution in [1.29, 1.82) is 0 Å². The van der Waals surface area contributed by atoms with Gasteiger partial charge < -0.3 is 15.5 Å². The number of halogens is 1. The second-order valence-electron chi connectivity index (χ2n) is 5.66. The van der Waals surface area contributed by atoms with Gasteiger partial charge in [0, 0.05) is 13.1 Å². The third kappa shape index (κ3) is 3.21. The third-order valence-electron chi connectivity index (χ3n) is 4.04. The van der Waals surface area contributed by atoms with Gasteiger partial charge in [0.05, 0.1) is 10.7 Å². The van der Waals surface area contributed by atoms with Crippen molar-refractivity contribution in [3.05, 3.63) is 64.7 Å². The molecule has 0 aromatic heterocycles. The van der Waals surface area contributed by atoms with Crippen LogP contribution in [0.15, 0.2) is 48.5 Å². The number of nitrogens with one attached hydrogen (secondary N) is 2. The summed E-state index contributed by atoms with van der Waals surface area (Å²) < 4.78 is 0. The smallest absolute Gasteiger partial charge is 0.322 e. The number of para-hydroxylation sites is 1. The number of carbonyl (C=O) groups is 2. The molecular weight excluding hydrogens is 326 g/mol. The Balaban J connectivity index is 1.88. The van der Waals surface area contributed by atoms with Gasteiger partial charge >= 0.3 is 6.03 Å². The van der Waals surface area contributed by atoms with Crippen LogP contribution in [0.1, 0.15) is 17.2 Å². The highest BCUT2D eigenvalue weighted by Crippen LogP contribution is 2.28. The average Bonchev–Trinajstić information content (AvgIpc) is 2.58. The number of carbonyl (C=O) groups excluding carboxylic acids is 2. The number of amides is 3. The lowest BCUT2D eigenvalue weighted by Gasteiger charge is -2.35. The van der Waals surface area contributed by atoms with E-state index in [0.29, 0.717) is 23.8 Å². The maximum atomic E-state index is 12.8. The molecule has 5 nitrogen and oxygen atoms in total. The fraction of sp³-hybridized carbons (Fsp3) is 0.222. The molecule has 1 fully saturated rings. The first-order valence-electron chi connectivity index (χ1n) is 7.73. The Morgan fingerprint density at radius 2 is 1.96 bits per heavy atom. The lowest BCUT2D eigenvalue weighted by atomic mass is 10.0. The van der Waals surface area contributed by atoms with E-state index in [-0.39, 0.29) is 11.9 Å². The fourth-order valence-corrected chi connectivity index (χ4v) is 3.09. The first-order valence-corrected chi connectivity index (χ1v) is 8.11. The predicted octanol–water partition coefficient (Wildman–Crippen LogP) is 3.35. The number of aryl methyl sites for hydroxylation is 1. The quantitative estimate of drug-likeness (QED) is 0.878. The highest BCUT2D eigenvalue weighted by Gasteiger charge is 2.34. The molecule has 2 N–H and O–H groups in total. The van der Waals surface area contributed by atoms with Crippen LogP contribution in [0.4, 0.5) is 10.5 Å². The topological polar surface area (TPSA) is 61.4 Å². The number of hydrogen-bond acceptors (Lipinski definition) is 2. The second-order valence-corrected chi connectivity index (χ2v) is 6.07. The Labute approximate surface area is 145 Å². The van der Waals surface area contributed by atoms with E-state index < -0.39 is 6.04 Å². The van der Waals surface area contributed by atoms with E-state index in [2.05, 4.69) is 10.6 Å². The molecule has 1 aliphatic heterocycles. The lowest BCUT2D eigenvalue weighted by molar-refractivity contribution is -0.127. The van der Waals surface area contributed by atoms with Crippen LogP contribution in [0.3, 0.4) is 0 Å². The zero-order valence-corrected chi connectivity index (χ0v) is 14.0. The Morgan fingerprint density at radius 1 is 1.21 bits per heavy atom. The summed E-state index contributed by atoms with van der Waals surface area (Å²) in [5.74, 6) is -0.182. The molecule has 124 valence electrons.